The second-order valence-corrected chi connectivity index (χ2v) is 2.73. The van der Waals surface area contributed by atoms with Crippen molar-refractivity contribution in [2.75, 3.05) is 37.4 Å². The number of nitrogen functional groups attached to an aromatic ring is 1. The molecule has 0 saturated carbocycles. The second-order valence-electron chi connectivity index (χ2n) is 2.73. The van der Waals surface area contributed by atoms with Crippen LogP contribution in [0.15, 0.2) is 18.3 Å². The molecule has 0 radical (unpaired) electrons. The predicted octanol–water partition coefficient (Wildman–Crippen LogP) is 0.0846. The summed E-state index contributed by atoms with van der Waals surface area (Å²) < 4.78 is 5.07. The molecule has 0 bridgehead atoms. The standard InChI is InChI=1S/C9H15N3O2/c10-9-2-1-8(7-12-9)11-3-5-14-6-4-13/h1-2,7,11,13H,3-6H2,(H2,10,12). The first kappa shape index (κ1) is 10.7. The molecule has 0 unspecified atom stereocenters. The maximum atomic E-state index is 8.44. The fourth-order valence-electron chi connectivity index (χ4n) is 0.944. The molecule has 1 heterocycles. The first-order valence-corrected chi connectivity index (χ1v) is 4.47. The van der Waals surface area contributed by atoms with Crippen LogP contribution in [-0.4, -0.2) is 36.5 Å². The number of nitrogens with zero attached hydrogens (tertiary/aromatic N) is 1. The van der Waals surface area contributed by atoms with E-state index in [4.69, 9.17) is 15.6 Å². The van der Waals surface area contributed by atoms with Gasteiger partial charge in [0.05, 0.1) is 31.7 Å². The Balaban J connectivity index is 2.15. The van der Waals surface area contributed by atoms with Gasteiger partial charge in [-0.3, -0.25) is 0 Å². The van der Waals surface area contributed by atoms with E-state index in [9.17, 15) is 0 Å². The lowest BCUT2D eigenvalue weighted by Crippen LogP contribution is -2.11. The van der Waals surface area contributed by atoms with Crippen LogP contribution in [0.3, 0.4) is 0 Å². The highest BCUT2D eigenvalue weighted by Crippen LogP contribution is 2.05. The normalized spacial score (nSPS) is 10.1. The highest BCUT2D eigenvalue weighted by molar-refractivity contribution is 5.45. The summed E-state index contributed by atoms with van der Waals surface area (Å²) >= 11 is 0. The second kappa shape index (κ2) is 6.17. The van der Waals surface area contributed by atoms with E-state index in [2.05, 4.69) is 10.3 Å². The molecule has 0 aliphatic rings. The average Bonchev–Trinajstić information content (AvgIpc) is 2.21. The van der Waals surface area contributed by atoms with Crippen molar-refractivity contribution in [1.82, 2.24) is 4.98 Å². The van der Waals surface area contributed by atoms with E-state index in [1.165, 1.54) is 0 Å². The molecule has 1 rings (SSSR count). The van der Waals surface area contributed by atoms with Crippen molar-refractivity contribution < 1.29 is 9.84 Å². The van der Waals surface area contributed by atoms with E-state index in [0.29, 0.717) is 25.6 Å². The Kier molecular flexibility index (Phi) is 4.74. The maximum Gasteiger partial charge on any atom is 0.123 e. The monoisotopic (exact) mass is 197 g/mol. The van der Waals surface area contributed by atoms with Gasteiger partial charge in [-0.15, -0.1) is 0 Å². The van der Waals surface area contributed by atoms with E-state index in [-0.39, 0.29) is 6.61 Å². The molecule has 0 aliphatic carbocycles. The highest BCUT2D eigenvalue weighted by Gasteiger charge is 1.92. The third kappa shape index (κ3) is 4.06. The van der Waals surface area contributed by atoms with Gasteiger partial charge in [-0.25, -0.2) is 4.98 Å². The maximum absolute atomic E-state index is 8.44. The van der Waals surface area contributed by atoms with Gasteiger partial charge in [0.2, 0.25) is 0 Å². The van der Waals surface area contributed by atoms with Gasteiger partial charge < -0.3 is 20.9 Å². The van der Waals surface area contributed by atoms with Gasteiger partial charge in [-0.1, -0.05) is 0 Å². The lowest BCUT2D eigenvalue weighted by molar-refractivity contribution is 0.0992. The summed E-state index contributed by atoms with van der Waals surface area (Å²) in [7, 11) is 0. The Labute approximate surface area is 82.9 Å². The summed E-state index contributed by atoms with van der Waals surface area (Å²) in [4.78, 5) is 3.93. The molecule has 0 amide bonds. The number of anilines is 2. The third-order valence-electron chi connectivity index (χ3n) is 1.60. The van der Waals surface area contributed by atoms with Gasteiger partial charge in [0.15, 0.2) is 0 Å². The molecule has 0 fully saturated rings. The number of ether oxygens (including phenoxy) is 1. The Morgan fingerprint density at radius 1 is 1.43 bits per heavy atom. The van der Waals surface area contributed by atoms with Gasteiger partial charge in [0, 0.05) is 6.54 Å². The highest BCUT2D eigenvalue weighted by atomic mass is 16.5. The summed E-state index contributed by atoms with van der Waals surface area (Å²) in [6.07, 6.45) is 1.67. The lowest BCUT2D eigenvalue weighted by atomic mass is 10.4. The van der Waals surface area contributed by atoms with Crippen LogP contribution < -0.4 is 11.1 Å². The summed E-state index contributed by atoms with van der Waals surface area (Å²) in [5.41, 5.74) is 6.34. The zero-order valence-corrected chi connectivity index (χ0v) is 7.94. The molecule has 0 aliphatic heterocycles. The largest absolute Gasteiger partial charge is 0.394 e. The van der Waals surface area contributed by atoms with Crippen molar-refractivity contribution in [2.45, 2.75) is 0 Å². The van der Waals surface area contributed by atoms with Crippen LogP contribution in [0.4, 0.5) is 11.5 Å². The van der Waals surface area contributed by atoms with Crippen molar-refractivity contribution in [3.63, 3.8) is 0 Å². The number of nitrogens with two attached hydrogens (primary N) is 1. The summed E-state index contributed by atoms with van der Waals surface area (Å²) in [5.74, 6) is 0.507. The number of aliphatic hydroxyl groups is 1. The average molecular weight is 197 g/mol. The first-order chi connectivity index (χ1) is 6.83. The smallest absolute Gasteiger partial charge is 0.123 e. The fourth-order valence-corrected chi connectivity index (χ4v) is 0.944. The molecule has 1 aromatic rings. The van der Waals surface area contributed by atoms with Gasteiger partial charge >= 0.3 is 0 Å². The van der Waals surface area contributed by atoms with E-state index < -0.39 is 0 Å². The SMILES string of the molecule is Nc1ccc(NCCOCCO)cn1. The van der Waals surface area contributed by atoms with Crippen LogP contribution in [0.5, 0.6) is 0 Å². The molecule has 5 heteroatoms. The van der Waals surface area contributed by atoms with Crippen molar-refractivity contribution >= 4 is 11.5 Å². The number of aromatic nitrogens is 1. The minimum absolute atomic E-state index is 0.0590. The van der Waals surface area contributed by atoms with Crippen LogP contribution in [0, 0.1) is 0 Å². The molecule has 14 heavy (non-hydrogen) atoms. The van der Waals surface area contributed by atoms with Crippen LogP contribution in [0.2, 0.25) is 0 Å². The number of hydrogen-bond donors (Lipinski definition) is 3. The summed E-state index contributed by atoms with van der Waals surface area (Å²) in [5, 5.41) is 11.5. The number of nitrogens with one attached hydrogen (secondary N) is 1. The molecular weight excluding hydrogens is 182 g/mol. The predicted molar refractivity (Wildman–Crippen MR) is 55.0 cm³/mol. The minimum Gasteiger partial charge on any atom is -0.394 e. The Bertz CT molecular complexity index is 251. The lowest BCUT2D eigenvalue weighted by Gasteiger charge is -2.06. The number of rotatable bonds is 6. The number of hydrogen-bond acceptors (Lipinski definition) is 5. The van der Waals surface area contributed by atoms with Gasteiger partial charge in [-0.05, 0) is 12.1 Å². The van der Waals surface area contributed by atoms with Gasteiger partial charge in [0.25, 0.3) is 0 Å². The molecule has 0 aromatic carbocycles. The fraction of sp³-hybridized carbons (Fsp3) is 0.444. The van der Waals surface area contributed by atoms with Gasteiger partial charge in [-0.2, -0.15) is 0 Å². The molecule has 0 atom stereocenters. The van der Waals surface area contributed by atoms with Gasteiger partial charge in [0.1, 0.15) is 5.82 Å². The first-order valence-electron chi connectivity index (χ1n) is 4.47. The molecule has 1 aromatic heterocycles. The van der Waals surface area contributed by atoms with Crippen molar-refractivity contribution in [2.24, 2.45) is 0 Å². The summed E-state index contributed by atoms with van der Waals surface area (Å²) in [6.45, 7) is 1.68. The molecular formula is C9H15N3O2. The van der Waals surface area contributed by atoms with Crippen LogP contribution in [-0.2, 0) is 4.74 Å². The molecule has 0 spiro atoms. The van der Waals surface area contributed by atoms with E-state index in [1.54, 1.807) is 12.3 Å². The Hall–Kier alpha value is -1.33. The van der Waals surface area contributed by atoms with E-state index in [1.807, 2.05) is 6.07 Å². The Morgan fingerprint density at radius 2 is 2.29 bits per heavy atom. The van der Waals surface area contributed by atoms with E-state index in [0.717, 1.165) is 5.69 Å². The molecule has 5 nitrogen and oxygen atoms in total. The Morgan fingerprint density at radius 3 is 2.93 bits per heavy atom. The number of pyridine rings is 1. The zero-order chi connectivity index (χ0) is 10.2. The van der Waals surface area contributed by atoms with Crippen LogP contribution in [0.25, 0.3) is 0 Å². The minimum atomic E-state index is 0.0590. The molecule has 78 valence electrons. The summed E-state index contributed by atoms with van der Waals surface area (Å²) in [6, 6.07) is 3.59. The molecule has 4 N–H and O–H groups in total. The number of aliphatic hydroxyl groups excluding tert-OH is 1. The van der Waals surface area contributed by atoms with Crippen molar-refractivity contribution in [1.29, 1.82) is 0 Å². The molecule has 0 saturated heterocycles. The van der Waals surface area contributed by atoms with Crippen LogP contribution in [0.1, 0.15) is 0 Å². The van der Waals surface area contributed by atoms with Crippen molar-refractivity contribution in [3.05, 3.63) is 18.3 Å². The van der Waals surface area contributed by atoms with E-state index >= 15 is 0 Å². The third-order valence-corrected chi connectivity index (χ3v) is 1.60. The zero-order valence-electron chi connectivity index (χ0n) is 7.94. The van der Waals surface area contributed by atoms with Crippen molar-refractivity contribution in [3.8, 4) is 0 Å². The topological polar surface area (TPSA) is 80.4 Å². The van der Waals surface area contributed by atoms with Crippen LogP contribution >= 0.6 is 0 Å². The quantitative estimate of drug-likeness (QED) is 0.563.